The summed E-state index contributed by atoms with van der Waals surface area (Å²) in [4.78, 5) is 46.7. The molecule has 0 bridgehead atoms. The monoisotopic (exact) mass is 548 g/mol. The maximum absolute atomic E-state index is 14.9. The number of unbranched alkanes of at least 4 members (excludes halogenated alkanes) is 1. The molecule has 0 aliphatic carbocycles. The van der Waals surface area contributed by atoms with Gasteiger partial charge in [-0.15, -0.1) is 0 Å². The fraction of sp³-hybridized carbons (Fsp3) is 0.643. The van der Waals surface area contributed by atoms with Gasteiger partial charge in [-0.2, -0.15) is 0 Å². The predicted octanol–water partition coefficient (Wildman–Crippen LogP) is 4.41. The van der Waals surface area contributed by atoms with Crippen LogP contribution in [0.1, 0.15) is 64.5 Å². The van der Waals surface area contributed by atoms with E-state index in [-0.39, 0.29) is 36.8 Å². The molecule has 2 atom stereocenters. The number of para-hydroxylation sites is 1. The molecule has 0 spiro atoms. The lowest BCUT2D eigenvalue weighted by atomic mass is 9.92. The Morgan fingerprint density at radius 3 is 2.54 bits per heavy atom. The number of ether oxygens (including phenoxy) is 2. The van der Waals surface area contributed by atoms with E-state index in [1.807, 2.05) is 13.8 Å². The van der Waals surface area contributed by atoms with Crippen molar-refractivity contribution in [1.29, 1.82) is 0 Å². The van der Waals surface area contributed by atoms with Gasteiger partial charge < -0.3 is 28.9 Å². The first kappa shape index (κ1) is 30.3. The highest BCUT2D eigenvalue weighted by Gasteiger charge is 2.40. The second kappa shape index (κ2) is 12.8. The van der Waals surface area contributed by atoms with Crippen LogP contribution in [0, 0.1) is 17.7 Å². The predicted molar refractivity (Wildman–Crippen MR) is 144 cm³/mol. The number of fused-ring (bicyclic) bond motifs is 1. The SMILES string of the molecule is COCCCCn1c(C(=O)N(CC(C)C)C2CC(C(=O)O)CN(C(=O)OC(C)(C)C)C2)nc2cccc(F)c21. The fourth-order valence-corrected chi connectivity index (χ4v) is 4.91. The first-order valence-corrected chi connectivity index (χ1v) is 13.5. The number of halogens is 1. The summed E-state index contributed by atoms with van der Waals surface area (Å²) in [6.45, 7) is 10.5. The fourth-order valence-electron chi connectivity index (χ4n) is 4.91. The first-order valence-electron chi connectivity index (χ1n) is 13.5. The number of aryl methyl sites for hydroxylation is 1. The summed E-state index contributed by atoms with van der Waals surface area (Å²) in [5.41, 5.74) is -0.129. The smallest absolute Gasteiger partial charge is 0.410 e. The van der Waals surface area contributed by atoms with Crippen molar-refractivity contribution in [3.63, 3.8) is 0 Å². The summed E-state index contributed by atoms with van der Waals surface area (Å²) in [6, 6.07) is 3.97. The Labute approximate surface area is 229 Å². The van der Waals surface area contributed by atoms with E-state index in [4.69, 9.17) is 9.47 Å². The van der Waals surface area contributed by atoms with E-state index in [2.05, 4.69) is 4.98 Å². The highest BCUT2D eigenvalue weighted by atomic mass is 19.1. The molecular weight excluding hydrogens is 507 g/mol. The Bertz CT molecular complexity index is 1170. The third-order valence-electron chi connectivity index (χ3n) is 6.58. The molecule has 1 saturated heterocycles. The quantitative estimate of drug-likeness (QED) is 0.438. The van der Waals surface area contributed by atoms with Crippen molar-refractivity contribution < 1.29 is 33.4 Å². The van der Waals surface area contributed by atoms with Crippen LogP contribution in [-0.4, -0.2) is 87.4 Å². The van der Waals surface area contributed by atoms with Crippen molar-refractivity contribution in [3.05, 3.63) is 29.8 Å². The molecular formula is C28H41FN4O6. The van der Waals surface area contributed by atoms with E-state index >= 15 is 0 Å². The number of hydrogen-bond donors (Lipinski definition) is 1. The van der Waals surface area contributed by atoms with Gasteiger partial charge in [-0.25, -0.2) is 14.2 Å². The molecule has 0 saturated carbocycles. The minimum atomic E-state index is -1.04. The maximum Gasteiger partial charge on any atom is 0.410 e. The average molecular weight is 549 g/mol. The number of rotatable bonds is 10. The van der Waals surface area contributed by atoms with Crippen molar-refractivity contribution in [1.82, 2.24) is 19.4 Å². The van der Waals surface area contributed by atoms with Gasteiger partial charge in [0.25, 0.3) is 5.91 Å². The number of piperidine rings is 1. The average Bonchev–Trinajstić information content (AvgIpc) is 3.23. The number of nitrogens with zero attached hydrogens (tertiary/aromatic N) is 4. The van der Waals surface area contributed by atoms with Crippen LogP contribution in [0.15, 0.2) is 18.2 Å². The lowest BCUT2D eigenvalue weighted by Crippen LogP contribution is -2.57. The minimum Gasteiger partial charge on any atom is -0.481 e. The molecule has 39 heavy (non-hydrogen) atoms. The Hall–Kier alpha value is -3.21. The Balaban J connectivity index is 2.01. The van der Waals surface area contributed by atoms with Gasteiger partial charge in [-0.3, -0.25) is 9.59 Å². The molecule has 1 N–H and O–H groups in total. The van der Waals surface area contributed by atoms with Crippen LogP contribution in [0.5, 0.6) is 0 Å². The van der Waals surface area contributed by atoms with Gasteiger partial charge in [-0.1, -0.05) is 19.9 Å². The van der Waals surface area contributed by atoms with E-state index < -0.39 is 41.3 Å². The van der Waals surface area contributed by atoms with Crippen LogP contribution < -0.4 is 0 Å². The largest absolute Gasteiger partial charge is 0.481 e. The summed E-state index contributed by atoms with van der Waals surface area (Å²) in [5, 5.41) is 9.87. The van der Waals surface area contributed by atoms with E-state index in [1.54, 1.807) is 49.5 Å². The summed E-state index contributed by atoms with van der Waals surface area (Å²) >= 11 is 0. The Morgan fingerprint density at radius 2 is 1.92 bits per heavy atom. The van der Waals surface area contributed by atoms with Crippen LogP contribution >= 0.6 is 0 Å². The van der Waals surface area contributed by atoms with Crippen LogP contribution in [-0.2, 0) is 20.8 Å². The summed E-state index contributed by atoms with van der Waals surface area (Å²) < 4.78 is 27.2. The molecule has 10 nitrogen and oxygen atoms in total. The highest BCUT2D eigenvalue weighted by Crippen LogP contribution is 2.27. The van der Waals surface area contributed by atoms with Crippen LogP contribution in [0.4, 0.5) is 9.18 Å². The van der Waals surface area contributed by atoms with Crippen molar-refractivity contribution in [3.8, 4) is 0 Å². The number of methoxy groups -OCH3 is 1. The number of carbonyl (C=O) groups excluding carboxylic acids is 2. The minimum absolute atomic E-state index is 0.00627. The molecule has 2 unspecified atom stereocenters. The van der Waals surface area contributed by atoms with Crippen molar-refractivity contribution in [2.24, 2.45) is 11.8 Å². The molecule has 11 heteroatoms. The molecule has 2 aromatic rings. The zero-order valence-corrected chi connectivity index (χ0v) is 23.8. The number of hydrogen-bond acceptors (Lipinski definition) is 6. The molecule has 2 amide bonds. The number of carboxylic acids is 1. The number of aliphatic carboxylic acids is 1. The van der Waals surface area contributed by atoms with Gasteiger partial charge in [-0.05, 0) is 58.1 Å². The van der Waals surface area contributed by atoms with Gasteiger partial charge in [0, 0.05) is 39.9 Å². The Morgan fingerprint density at radius 1 is 1.21 bits per heavy atom. The van der Waals surface area contributed by atoms with Gasteiger partial charge in [0.2, 0.25) is 0 Å². The van der Waals surface area contributed by atoms with Gasteiger partial charge in [0.15, 0.2) is 5.82 Å². The molecule has 1 fully saturated rings. The molecule has 1 aliphatic heterocycles. The number of benzene rings is 1. The van der Waals surface area contributed by atoms with E-state index in [0.29, 0.717) is 31.6 Å². The molecule has 0 radical (unpaired) electrons. The van der Waals surface area contributed by atoms with E-state index in [9.17, 15) is 23.9 Å². The summed E-state index contributed by atoms with van der Waals surface area (Å²) in [7, 11) is 1.61. The van der Waals surface area contributed by atoms with E-state index in [0.717, 1.165) is 6.42 Å². The van der Waals surface area contributed by atoms with Gasteiger partial charge in [0.1, 0.15) is 16.9 Å². The Kier molecular flexibility index (Phi) is 9.93. The maximum atomic E-state index is 14.9. The van der Waals surface area contributed by atoms with Crippen molar-refractivity contribution in [2.75, 3.05) is 33.4 Å². The molecule has 1 aliphatic rings. The van der Waals surface area contributed by atoms with Crippen LogP contribution in [0.2, 0.25) is 0 Å². The number of imidazole rings is 1. The summed E-state index contributed by atoms with van der Waals surface area (Å²) in [6.07, 6.45) is 0.926. The number of carboxylic acid groups (broad SMARTS) is 1. The lowest BCUT2D eigenvalue weighted by Gasteiger charge is -2.42. The molecule has 3 rings (SSSR count). The normalized spacial score (nSPS) is 18.0. The molecule has 2 heterocycles. The van der Waals surface area contributed by atoms with Crippen molar-refractivity contribution >= 4 is 29.0 Å². The molecule has 1 aromatic carbocycles. The van der Waals surface area contributed by atoms with Crippen LogP contribution in [0.3, 0.4) is 0 Å². The van der Waals surface area contributed by atoms with Crippen LogP contribution in [0.25, 0.3) is 11.0 Å². The number of likely N-dealkylation sites (tertiary alicyclic amines) is 1. The van der Waals surface area contributed by atoms with Gasteiger partial charge in [0.05, 0.1) is 17.5 Å². The number of amides is 2. The van der Waals surface area contributed by atoms with Gasteiger partial charge >= 0.3 is 12.1 Å². The highest BCUT2D eigenvalue weighted by molar-refractivity contribution is 5.95. The third-order valence-corrected chi connectivity index (χ3v) is 6.58. The second-order valence-electron chi connectivity index (χ2n) is 11.6. The number of carbonyl (C=O) groups is 3. The molecule has 1 aromatic heterocycles. The van der Waals surface area contributed by atoms with Crippen molar-refractivity contribution in [2.45, 2.75) is 72.1 Å². The summed E-state index contributed by atoms with van der Waals surface area (Å²) in [5.74, 6) is -2.67. The topological polar surface area (TPSA) is 114 Å². The standard InChI is InChI=1S/C28H41FN4O6/c1-18(2)15-33(20-14-19(26(35)36)16-31(17-20)27(37)39-28(3,4)5)25(34)24-30-22-11-9-10-21(29)23(22)32(24)12-7-8-13-38-6/h9-11,18-20H,7-8,12-17H2,1-6H3,(H,35,36). The first-order chi connectivity index (χ1) is 18.3. The number of aromatic nitrogens is 2. The molecule has 216 valence electrons. The second-order valence-corrected chi connectivity index (χ2v) is 11.6. The third kappa shape index (κ3) is 7.68. The zero-order chi connectivity index (χ0) is 28.9. The zero-order valence-electron chi connectivity index (χ0n) is 23.8. The van der Waals surface area contributed by atoms with E-state index in [1.165, 1.54) is 11.0 Å². The lowest BCUT2D eigenvalue weighted by molar-refractivity contribution is -0.144.